The van der Waals surface area contributed by atoms with Crippen LogP contribution in [0.1, 0.15) is 25.3 Å². The Hall–Kier alpha value is -1.48. The van der Waals surface area contributed by atoms with E-state index in [-0.39, 0.29) is 0 Å². The molecule has 0 N–H and O–H groups in total. The summed E-state index contributed by atoms with van der Waals surface area (Å²) in [5, 5.41) is 6.42. The highest BCUT2D eigenvalue weighted by atomic mass is 35.5. The lowest BCUT2D eigenvalue weighted by molar-refractivity contribution is 0.865. The van der Waals surface area contributed by atoms with Gasteiger partial charge in [0.25, 0.3) is 0 Å². The van der Waals surface area contributed by atoms with E-state index in [1.54, 1.807) is 6.07 Å². The van der Waals surface area contributed by atoms with Gasteiger partial charge in [-0.25, -0.2) is 4.68 Å². The first-order valence-electron chi connectivity index (χ1n) is 7.26. The maximum Gasteiger partial charge on any atom is 0.0840 e. The van der Waals surface area contributed by atoms with E-state index in [4.69, 9.17) is 34.8 Å². The summed E-state index contributed by atoms with van der Waals surface area (Å²) in [6, 6.07) is 13.1. The zero-order valence-corrected chi connectivity index (χ0v) is 15.0. The number of aromatic nitrogens is 2. The lowest BCUT2D eigenvalue weighted by Gasteiger charge is -2.13. The van der Waals surface area contributed by atoms with Gasteiger partial charge in [-0.2, -0.15) is 5.10 Å². The van der Waals surface area contributed by atoms with Crippen LogP contribution >= 0.6 is 34.8 Å². The van der Waals surface area contributed by atoms with Crippen LogP contribution in [0.2, 0.25) is 15.1 Å². The Labute approximate surface area is 150 Å². The second-order valence-electron chi connectivity index (χ2n) is 5.62. The van der Waals surface area contributed by atoms with Gasteiger partial charge in [-0.3, -0.25) is 0 Å². The Bertz CT molecular complexity index is 836. The summed E-state index contributed by atoms with van der Waals surface area (Å²) >= 11 is 18.4. The molecule has 3 rings (SSSR count). The van der Waals surface area contributed by atoms with E-state index in [1.807, 2.05) is 47.3 Å². The van der Waals surface area contributed by atoms with Crippen molar-refractivity contribution in [1.82, 2.24) is 9.78 Å². The molecule has 23 heavy (non-hydrogen) atoms. The molecule has 0 saturated heterocycles. The van der Waals surface area contributed by atoms with Gasteiger partial charge in [0.15, 0.2) is 0 Å². The summed E-state index contributed by atoms with van der Waals surface area (Å²) < 4.78 is 1.86. The zero-order valence-electron chi connectivity index (χ0n) is 12.7. The molecule has 0 aliphatic rings. The van der Waals surface area contributed by atoms with Crippen LogP contribution < -0.4 is 0 Å². The van der Waals surface area contributed by atoms with Crippen LogP contribution in [0.4, 0.5) is 0 Å². The van der Waals surface area contributed by atoms with Crippen LogP contribution in [0.25, 0.3) is 16.9 Å². The molecule has 0 aliphatic carbocycles. The molecule has 0 atom stereocenters. The molecular weight excluding hydrogens is 351 g/mol. The van der Waals surface area contributed by atoms with E-state index in [9.17, 15) is 0 Å². The maximum absolute atomic E-state index is 6.37. The van der Waals surface area contributed by atoms with Gasteiger partial charge in [0.2, 0.25) is 0 Å². The van der Waals surface area contributed by atoms with Gasteiger partial charge < -0.3 is 0 Å². The van der Waals surface area contributed by atoms with Crippen LogP contribution in [-0.4, -0.2) is 9.78 Å². The first-order chi connectivity index (χ1) is 11.0. The third-order valence-electron chi connectivity index (χ3n) is 3.68. The second kappa shape index (κ2) is 6.56. The maximum atomic E-state index is 6.37. The molecule has 0 amide bonds. The normalized spacial score (nSPS) is 11.2. The highest BCUT2D eigenvalue weighted by molar-refractivity contribution is 6.35. The van der Waals surface area contributed by atoms with Gasteiger partial charge in [-0.15, -0.1) is 0 Å². The molecule has 0 fully saturated rings. The van der Waals surface area contributed by atoms with Crippen molar-refractivity contribution in [1.29, 1.82) is 0 Å². The Morgan fingerprint density at radius 3 is 2.17 bits per heavy atom. The molecular formula is C18H15Cl3N2. The van der Waals surface area contributed by atoms with Gasteiger partial charge in [0.1, 0.15) is 0 Å². The van der Waals surface area contributed by atoms with Crippen molar-refractivity contribution in [3.05, 3.63) is 69.3 Å². The van der Waals surface area contributed by atoms with Crippen molar-refractivity contribution in [2.24, 2.45) is 0 Å². The lowest BCUT2D eigenvalue weighted by atomic mass is 9.99. The molecule has 0 unspecified atom stereocenters. The lowest BCUT2D eigenvalue weighted by Crippen LogP contribution is -2.01. The minimum Gasteiger partial charge on any atom is -0.231 e. The van der Waals surface area contributed by atoms with E-state index >= 15 is 0 Å². The number of halogens is 3. The number of hydrogen-bond acceptors (Lipinski definition) is 1. The molecule has 0 saturated carbocycles. The molecule has 118 valence electrons. The summed E-state index contributed by atoms with van der Waals surface area (Å²) in [5.74, 6) is 0.334. The minimum atomic E-state index is 0.334. The highest BCUT2D eigenvalue weighted by Gasteiger charge is 2.18. The van der Waals surface area contributed by atoms with Crippen LogP contribution in [0.3, 0.4) is 0 Å². The zero-order chi connectivity index (χ0) is 16.6. The van der Waals surface area contributed by atoms with Crippen LogP contribution in [0.15, 0.2) is 48.7 Å². The monoisotopic (exact) mass is 364 g/mol. The molecule has 2 aromatic carbocycles. The standard InChI is InChI=1S/C18H15Cl3N2/c1-11(2)15-10-22-23(17-8-7-14(20)9-16(17)21)18(15)12-3-5-13(19)6-4-12/h3-11H,1-2H3. The second-order valence-corrected chi connectivity index (χ2v) is 6.90. The van der Waals surface area contributed by atoms with E-state index in [2.05, 4.69) is 18.9 Å². The average molecular weight is 366 g/mol. The Kier molecular flexibility index (Phi) is 4.67. The molecule has 0 aliphatic heterocycles. The molecule has 3 aromatic rings. The fourth-order valence-electron chi connectivity index (χ4n) is 2.52. The average Bonchev–Trinajstić information content (AvgIpc) is 2.93. The van der Waals surface area contributed by atoms with Crippen molar-refractivity contribution in [3.63, 3.8) is 0 Å². The van der Waals surface area contributed by atoms with Gasteiger partial charge >= 0.3 is 0 Å². The molecule has 5 heteroatoms. The number of benzene rings is 2. The van der Waals surface area contributed by atoms with Gasteiger partial charge in [0, 0.05) is 21.2 Å². The minimum absolute atomic E-state index is 0.334. The third kappa shape index (κ3) is 3.25. The predicted octanol–water partition coefficient (Wildman–Crippen LogP) is 6.62. The van der Waals surface area contributed by atoms with Crippen LogP contribution in [0, 0.1) is 0 Å². The Morgan fingerprint density at radius 1 is 0.913 bits per heavy atom. The van der Waals surface area contributed by atoms with Gasteiger partial charge in [-0.05, 0) is 36.2 Å². The van der Waals surface area contributed by atoms with Crippen molar-refractivity contribution in [2.75, 3.05) is 0 Å². The highest BCUT2D eigenvalue weighted by Crippen LogP contribution is 2.34. The topological polar surface area (TPSA) is 17.8 Å². The number of hydrogen-bond donors (Lipinski definition) is 0. The van der Waals surface area contributed by atoms with E-state index < -0.39 is 0 Å². The van der Waals surface area contributed by atoms with Crippen molar-refractivity contribution in [3.8, 4) is 16.9 Å². The molecule has 0 bridgehead atoms. The summed E-state index contributed by atoms with van der Waals surface area (Å²) in [6.45, 7) is 4.29. The third-order valence-corrected chi connectivity index (χ3v) is 4.46. The van der Waals surface area contributed by atoms with Crippen molar-refractivity contribution in [2.45, 2.75) is 19.8 Å². The van der Waals surface area contributed by atoms with Crippen molar-refractivity contribution >= 4 is 34.8 Å². The fraction of sp³-hybridized carbons (Fsp3) is 0.167. The molecule has 2 nitrogen and oxygen atoms in total. The quantitative estimate of drug-likeness (QED) is 0.510. The molecule has 1 aromatic heterocycles. The van der Waals surface area contributed by atoms with Gasteiger partial charge in [-0.1, -0.05) is 60.8 Å². The summed E-state index contributed by atoms with van der Waals surface area (Å²) in [6.07, 6.45) is 1.89. The SMILES string of the molecule is CC(C)c1cnn(-c2ccc(Cl)cc2Cl)c1-c1ccc(Cl)cc1. The Balaban J connectivity index is 2.24. The van der Waals surface area contributed by atoms with E-state index in [1.165, 1.54) is 0 Å². The largest absolute Gasteiger partial charge is 0.231 e. The predicted molar refractivity (Wildman–Crippen MR) is 98.1 cm³/mol. The molecule has 1 heterocycles. The fourth-order valence-corrected chi connectivity index (χ4v) is 3.13. The Morgan fingerprint density at radius 2 is 1.57 bits per heavy atom. The van der Waals surface area contributed by atoms with E-state index in [0.717, 1.165) is 22.5 Å². The smallest absolute Gasteiger partial charge is 0.0840 e. The first kappa shape index (κ1) is 16.4. The summed E-state index contributed by atoms with van der Waals surface area (Å²) in [7, 11) is 0. The van der Waals surface area contributed by atoms with E-state index in [0.29, 0.717) is 21.0 Å². The van der Waals surface area contributed by atoms with Crippen LogP contribution in [-0.2, 0) is 0 Å². The summed E-state index contributed by atoms with van der Waals surface area (Å²) in [4.78, 5) is 0. The van der Waals surface area contributed by atoms with Crippen LogP contribution in [0.5, 0.6) is 0 Å². The van der Waals surface area contributed by atoms with Crippen molar-refractivity contribution < 1.29 is 0 Å². The summed E-state index contributed by atoms with van der Waals surface area (Å²) in [5.41, 5.74) is 4.01. The molecule has 0 radical (unpaired) electrons. The van der Waals surface area contributed by atoms with Gasteiger partial charge in [0.05, 0.1) is 22.6 Å². The number of nitrogens with zero attached hydrogens (tertiary/aromatic N) is 2. The number of rotatable bonds is 3. The molecule has 0 spiro atoms. The first-order valence-corrected chi connectivity index (χ1v) is 8.40.